The molecule has 1 amide bonds. The first kappa shape index (κ1) is 18.5. The van der Waals surface area contributed by atoms with Crippen molar-refractivity contribution in [2.45, 2.75) is 6.42 Å². The van der Waals surface area contributed by atoms with E-state index >= 15 is 0 Å². The molecule has 136 valence electrons. The molecule has 2 aromatic carbocycles. The number of non-ortho nitro benzene ring substituents is 1. The lowest BCUT2D eigenvalue weighted by molar-refractivity contribution is -0.384. The molecule has 0 unspecified atom stereocenters. The number of nitrogens with one attached hydrogen (secondary N) is 1. The van der Waals surface area contributed by atoms with Crippen LogP contribution in [0.4, 0.5) is 5.69 Å². The van der Waals surface area contributed by atoms with Gasteiger partial charge < -0.3 is 5.32 Å². The summed E-state index contributed by atoms with van der Waals surface area (Å²) < 4.78 is 0. The molecule has 0 aliphatic rings. The van der Waals surface area contributed by atoms with Crippen LogP contribution in [0.5, 0.6) is 0 Å². The maximum absolute atomic E-state index is 12.2. The Morgan fingerprint density at radius 2 is 1.81 bits per heavy atom. The zero-order valence-electron chi connectivity index (χ0n) is 14.1. The van der Waals surface area contributed by atoms with E-state index in [4.69, 9.17) is 11.6 Å². The minimum Gasteiger partial charge on any atom is -0.352 e. The van der Waals surface area contributed by atoms with Gasteiger partial charge in [-0.15, -0.1) is 0 Å². The Labute approximate surface area is 160 Å². The van der Waals surface area contributed by atoms with Crippen molar-refractivity contribution in [2.24, 2.45) is 0 Å². The van der Waals surface area contributed by atoms with Gasteiger partial charge in [0.05, 0.1) is 15.5 Å². The molecule has 8 heteroatoms. The molecule has 1 N–H and O–H groups in total. The second-order valence-electron chi connectivity index (χ2n) is 5.71. The van der Waals surface area contributed by atoms with Crippen LogP contribution < -0.4 is 5.32 Å². The van der Waals surface area contributed by atoms with Crippen molar-refractivity contribution in [1.82, 2.24) is 15.3 Å². The van der Waals surface area contributed by atoms with Gasteiger partial charge in [0.15, 0.2) is 5.82 Å². The quantitative estimate of drug-likeness (QED) is 0.518. The van der Waals surface area contributed by atoms with E-state index in [1.165, 1.54) is 12.1 Å². The Morgan fingerprint density at radius 1 is 1.11 bits per heavy atom. The van der Waals surface area contributed by atoms with Crippen LogP contribution in [-0.4, -0.2) is 27.3 Å². The van der Waals surface area contributed by atoms with Gasteiger partial charge in [0.1, 0.15) is 0 Å². The molecule has 0 radical (unpaired) electrons. The first-order valence-electron chi connectivity index (χ1n) is 8.13. The maximum Gasteiger partial charge on any atom is 0.270 e. The number of benzene rings is 2. The van der Waals surface area contributed by atoms with Crippen molar-refractivity contribution in [3.05, 3.63) is 87.2 Å². The summed E-state index contributed by atoms with van der Waals surface area (Å²) in [6.45, 7) is 0.361. The summed E-state index contributed by atoms with van der Waals surface area (Å²) in [6.07, 6.45) is 3.99. The minimum absolute atomic E-state index is 0.0391. The van der Waals surface area contributed by atoms with E-state index in [0.29, 0.717) is 18.8 Å². The molecule has 0 saturated heterocycles. The Morgan fingerprint density at radius 3 is 2.44 bits per heavy atom. The number of nitro benzene ring substituents is 1. The predicted octanol–water partition coefficient (Wildman–Crippen LogP) is 3.68. The summed E-state index contributed by atoms with van der Waals surface area (Å²) in [5.74, 6) is 0.248. The van der Waals surface area contributed by atoms with Crippen LogP contribution in [0.2, 0.25) is 5.02 Å². The fraction of sp³-hybridized carbons (Fsp3) is 0.105. The van der Waals surface area contributed by atoms with E-state index < -0.39 is 10.8 Å². The Hall–Kier alpha value is -3.32. The third-order valence-electron chi connectivity index (χ3n) is 3.84. The van der Waals surface area contributed by atoms with Crippen LogP contribution in [0.1, 0.15) is 15.9 Å². The molecular weight excluding hydrogens is 368 g/mol. The molecule has 1 aromatic heterocycles. The minimum atomic E-state index is -0.563. The van der Waals surface area contributed by atoms with Gasteiger partial charge in [-0.05, 0) is 18.1 Å². The smallest absolute Gasteiger partial charge is 0.270 e. The van der Waals surface area contributed by atoms with Crippen molar-refractivity contribution < 1.29 is 9.72 Å². The second kappa shape index (κ2) is 8.37. The van der Waals surface area contributed by atoms with E-state index in [0.717, 1.165) is 17.2 Å². The lowest BCUT2D eigenvalue weighted by Crippen LogP contribution is -2.26. The lowest BCUT2D eigenvalue weighted by atomic mass is 10.1. The van der Waals surface area contributed by atoms with Crippen LogP contribution in [0.25, 0.3) is 11.4 Å². The summed E-state index contributed by atoms with van der Waals surface area (Å²) in [5, 5.41) is 13.5. The molecule has 0 atom stereocenters. The number of carbonyl (C=O) groups excluding carboxylic acids is 1. The summed E-state index contributed by atoms with van der Waals surface area (Å²) >= 11 is 5.95. The van der Waals surface area contributed by atoms with Gasteiger partial charge in [-0.3, -0.25) is 14.9 Å². The lowest BCUT2D eigenvalue weighted by Gasteiger charge is -2.07. The highest BCUT2D eigenvalue weighted by Gasteiger charge is 2.14. The number of halogens is 1. The van der Waals surface area contributed by atoms with E-state index in [-0.39, 0.29) is 16.3 Å². The van der Waals surface area contributed by atoms with Crippen molar-refractivity contribution in [3.8, 4) is 11.4 Å². The molecule has 0 spiro atoms. The van der Waals surface area contributed by atoms with Gasteiger partial charge in [-0.25, -0.2) is 9.97 Å². The molecule has 0 aliphatic heterocycles. The number of hydrogen-bond donors (Lipinski definition) is 1. The molecule has 27 heavy (non-hydrogen) atoms. The molecule has 3 aromatic rings. The summed E-state index contributed by atoms with van der Waals surface area (Å²) in [7, 11) is 0. The van der Waals surface area contributed by atoms with Crippen LogP contribution in [0, 0.1) is 10.1 Å². The van der Waals surface area contributed by atoms with Gasteiger partial charge >= 0.3 is 0 Å². The van der Waals surface area contributed by atoms with Crippen LogP contribution >= 0.6 is 11.6 Å². The molecular formula is C19H15ClN4O3. The molecule has 3 rings (SSSR count). The summed E-state index contributed by atoms with van der Waals surface area (Å²) in [6, 6.07) is 13.4. The average molecular weight is 383 g/mol. The normalized spacial score (nSPS) is 10.4. The number of aromatic nitrogens is 2. The van der Waals surface area contributed by atoms with Gasteiger partial charge in [-0.1, -0.05) is 41.9 Å². The Balaban J connectivity index is 1.56. The number of nitrogens with zero attached hydrogens (tertiary/aromatic N) is 3. The second-order valence-corrected chi connectivity index (χ2v) is 6.12. The summed E-state index contributed by atoms with van der Waals surface area (Å²) in [4.78, 5) is 31.0. The zero-order valence-corrected chi connectivity index (χ0v) is 14.9. The fourth-order valence-corrected chi connectivity index (χ4v) is 2.70. The van der Waals surface area contributed by atoms with Crippen molar-refractivity contribution in [3.63, 3.8) is 0 Å². The van der Waals surface area contributed by atoms with Crippen molar-refractivity contribution in [2.75, 3.05) is 6.54 Å². The SMILES string of the molecule is O=C(NCCc1cnc(-c2ccccc2)nc1)c1ccc([N+](=O)[O-])cc1Cl. The fourth-order valence-electron chi connectivity index (χ4n) is 2.44. The number of rotatable bonds is 6. The van der Waals surface area contributed by atoms with Crippen LogP contribution in [0.3, 0.4) is 0 Å². The third-order valence-corrected chi connectivity index (χ3v) is 4.16. The first-order chi connectivity index (χ1) is 13.0. The van der Waals surface area contributed by atoms with Gasteiger partial charge in [0.25, 0.3) is 11.6 Å². The van der Waals surface area contributed by atoms with E-state index in [1.807, 2.05) is 30.3 Å². The number of hydrogen-bond acceptors (Lipinski definition) is 5. The molecule has 1 heterocycles. The third kappa shape index (κ3) is 4.65. The maximum atomic E-state index is 12.2. The Bertz CT molecular complexity index is 962. The first-order valence-corrected chi connectivity index (χ1v) is 8.51. The highest BCUT2D eigenvalue weighted by atomic mass is 35.5. The molecule has 7 nitrogen and oxygen atoms in total. The largest absolute Gasteiger partial charge is 0.352 e. The average Bonchev–Trinajstić information content (AvgIpc) is 2.69. The highest BCUT2D eigenvalue weighted by Crippen LogP contribution is 2.22. The van der Waals surface area contributed by atoms with Crippen LogP contribution in [0.15, 0.2) is 60.9 Å². The van der Waals surface area contributed by atoms with Gasteiger partial charge in [-0.2, -0.15) is 0 Å². The molecule has 0 bridgehead atoms. The number of amides is 1. The molecule has 0 fully saturated rings. The highest BCUT2D eigenvalue weighted by molar-refractivity contribution is 6.34. The molecule has 0 aliphatic carbocycles. The van der Waals surface area contributed by atoms with E-state index in [2.05, 4.69) is 15.3 Å². The standard InChI is InChI=1S/C19H15ClN4O3/c20-17-10-15(24(26)27)6-7-16(17)19(25)21-9-8-13-11-22-18(23-12-13)14-4-2-1-3-5-14/h1-7,10-12H,8-9H2,(H,21,25). The molecule has 0 saturated carbocycles. The van der Waals surface area contributed by atoms with Gasteiger partial charge in [0.2, 0.25) is 0 Å². The van der Waals surface area contributed by atoms with Crippen LogP contribution in [-0.2, 0) is 6.42 Å². The number of carbonyl (C=O) groups is 1. The monoisotopic (exact) mass is 382 g/mol. The summed E-state index contributed by atoms with van der Waals surface area (Å²) in [5.41, 5.74) is 1.85. The van der Waals surface area contributed by atoms with E-state index in [1.54, 1.807) is 12.4 Å². The Kier molecular flexibility index (Phi) is 5.73. The predicted molar refractivity (Wildman–Crippen MR) is 102 cm³/mol. The topological polar surface area (TPSA) is 98.0 Å². The zero-order chi connectivity index (χ0) is 19.2. The van der Waals surface area contributed by atoms with Crippen molar-refractivity contribution >= 4 is 23.2 Å². The van der Waals surface area contributed by atoms with Crippen molar-refractivity contribution in [1.29, 1.82) is 0 Å². The van der Waals surface area contributed by atoms with Gasteiger partial charge in [0, 0.05) is 36.6 Å². The number of nitro groups is 1. The van der Waals surface area contributed by atoms with E-state index in [9.17, 15) is 14.9 Å².